The maximum atomic E-state index is 5.15. The van der Waals surface area contributed by atoms with Crippen molar-refractivity contribution < 1.29 is 4.74 Å². The summed E-state index contributed by atoms with van der Waals surface area (Å²) >= 11 is 3.48. The highest BCUT2D eigenvalue weighted by Crippen LogP contribution is 2.29. The highest BCUT2D eigenvalue weighted by molar-refractivity contribution is 9.10. The molecular formula is C12H13BrN2O. The van der Waals surface area contributed by atoms with Crippen molar-refractivity contribution >= 4 is 26.8 Å². The molecule has 0 aromatic carbocycles. The predicted molar refractivity (Wildman–Crippen MR) is 67.8 cm³/mol. The first kappa shape index (κ1) is 11.3. The molecule has 0 saturated heterocycles. The number of rotatable bonds is 3. The van der Waals surface area contributed by atoms with Crippen LogP contribution in [0.3, 0.4) is 0 Å². The second-order valence-electron chi connectivity index (χ2n) is 3.57. The van der Waals surface area contributed by atoms with Gasteiger partial charge in [-0.25, -0.2) is 4.98 Å². The molecule has 0 N–H and O–H groups in total. The van der Waals surface area contributed by atoms with Crippen LogP contribution in [0.15, 0.2) is 22.8 Å². The normalized spacial score (nSPS) is 10.7. The van der Waals surface area contributed by atoms with E-state index in [4.69, 9.17) is 4.74 Å². The Kier molecular flexibility index (Phi) is 3.39. The van der Waals surface area contributed by atoms with Gasteiger partial charge >= 0.3 is 0 Å². The molecule has 2 rings (SSSR count). The van der Waals surface area contributed by atoms with Gasteiger partial charge in [0.05, 0.1) is 12.6 Å². The molecule has 84 valence electrons. The van der Waals surface area contributed by atoms with Crippen molar-refractivity contribution in [2.24, 2.45) is 0 Å². The SMILES string of the molecule is CCCc1ccc2cnc(OC)c(Br)c2n1. The van der Waals surface area contributed by atoms with Gasteiger partial charge in [-0.15, -0.1) is 0 Å². The second-order valence-corrected chi connectivity index (χ2v) is 4.36. The molecule has 0 atom stereocenters. The number of aryl methyl sites for hydroxylation is 1. The van der Waals surface area contributed by atoms with Gasteiger partial charge in [-0.2, -0.15) is 0 Å². The summed E-state index contributed by atoms with van der Waals surface area (Å²) in [6, 6.07) is 4.09. The molecule has 0 amide bonds. The molecule has 0 saturated carbocycles. The molecule has 0 aliphatic carbocycles. The third-order valence-electron chi connectivity index (χ3n) is 2.40. The largest absolute Gasteiger partial charge is 0.480 e. The smallest absolute Gasteiger partial charge is 0.229 e. The minimum absolute atomic E-state index is 0.577. The monoisotopic (exact) mass is 280 g/mol. The number of hydrogen-bond acceptors (Lipinski definition) is 3. The zero-order chi connectivity index (χ0) is 11.5. The van der Waals surface area contributed by atoms with Gasteiger partial charge in [0, 0.05) is 17.3 Å². The van der Waals surface area contributed by atoms with Gasteiger partial charge in [0.2, 0.25) is 5.88 Å². The summed E-state index contributed by atoms with van der Waals surface area (Å²) in [6.07, 6.45) is 3.87. The second kappa shape index (κ2) is 4.78. The Morgan fingerprint density at radius 2 is 2.19 bits per heavy atom. The Balaban J connectivity index is 2.60. The Labute approximate surface area is 103 Å². The lowest BCUT2D eigenvalue weighted by molar-refractivity contribution is 0.396. The zero-order valence-corrected chi connectivity index (χ0v) is 10.9. The van der Waals surface area contributed by atoms with Gasteiger partial charge in [0.1, 0.15) is 4.47 Å². The van der Waals surface area contributed by atoms with E-state index < -0.39 is 0 Å². The van der Waals surface area contributed by atoms with Gasteiger partial charge in [-0.3, -0.25) is 4.98 Å². The number of nitrogens with zero attached hydrogens (tertiary/aromatic N) is 2. The van der Waals surface area contributed by atoms with Crippen LogP contribution in [0.5, 0.6) is 5.88 Å². The molecule has 0 bridgehead atoms. The summed E-state index contributed by atoms with van der Waals surface area (Å²) in [4.78, 5) is 8.80. The molecule has 0 unspecified atom stereocenters. The quantitative estimate of drug-likeness (QED) is 0.865. The van der Waals surface area contributed by atoms with Crippen LogP contribution in [0, 0.1) is 0 Å². The van der Waals surface area contributed by atoms with E-state index in [0.29, 0.717) is 5.88 Å². The first-order valence-electron chi connectivity index (χ1n) is 5.24. The predicted octanol–water partition coefficient (Wildman–Crippen LogP) is 3.35. The van der Waals surface area contributed by atoms with Crippen molar-refractivity contribution in [2.75, 3.05) is 7.11 Å². The molecule has 4 heteroatoms. The first-order valence-corrected chi connectivity index (χ1v) is 6.03. The molecule has 0 fully saturated rings. The van der Waals surface area contributed by atoms with Gasteiger partial charge in [0.25, 0.3) is 0 Å². The first-order chi connectivity index (χ1) is 7.76. The zero-order valence-electron chi connectivity index (χ0n) is 9.33. The van der Waals surface area contributed by atoms with Crippen molar-refractivity contribution in [1.29, 1.82) is 0 Å². The number of pyridine rings is 2. The highest BCUT2D eigenvalue weighted by atomic mass is 79.9. The molecule has 0 spiro atoms. The Morgan fingerprint density at radius 3 is 2.88 bits per heavy atom. The van der Waals surface area contributed by atoms with Crippen LogP contribution in [0.4, 0.5) is 0 Å². The minimum Gasteiger partial charge on any atom is -0.480 e. The van der Waals surface area contributed by atoms with E-state index in [1.54, 1.807) is 13.3 Å². The van der Waals surface area contributed by atoms with Crippen LogP contribution in [-0.4, -0.2) is 17.1 Å². The standard InChI is InChI=1S/C12H13BrN2O/c1-3-4-9-6-5-8-7-14-12(16-2)10(13)11(8)15-9/h5-7H,3-4H2,1-2H3. The topological polar surface area (TPSA) is 35.0 Å². The van der Waals surface area contributed by atoms with Crippen molar-refractivity contribution in [3.8, 4) is 5.88 Å². The van der Waals surface area contributed by atoms with Crippen LogP contribution in [0.2, 0.25) is 0 Å². The summed E-state index contributed by atoms with van der Waals surface area (Å²) in [5.41, 5.74) is 2.02. The van der Waals surface area contributed by atoms with E-state index in [1.807, 2.05) is 12.1 Å². The lowest BCUT2D eigenvalue weighted by Gasteiger charge is -2.06. The highest BCUT2D eigenvalue weighted by Gasteiger charge is 2.08. The minimum atomic E-state index is 0.577. The summed E-state index contributed by atoms with van der Waals surface area (Å²) < 4.78 is 5.98. The van der Waals surface area contributed by atoms with Crippen molar-refractivity contribution in [2.45, 2.75) is 19.8 Å². The molecule has 0 aliphatic rings. The lowest BCUT2D eigenvalue weighted by atomic mass is 10.2. The fourth-order valence-electron chi connectivity index (χ4n) is 1.61. The molecule has 2 heterocycles. The average Bonchev–Trinajstić information content (AvgIpc) is 2.31. The van der Waals surface area contributed by atoms with Gasteiger partial charge < -0.3 is 4.74 Å². The third kappa shape index (κ3) is 2.02. The molecule has 0 aliphatic heterocycles. The summed E-state index contributed by atoms with van der Waals surface area (Å²) in [5.74, 6) is 0.577. The molecule has 2 aromatic rings. The van der Waals surface area contributed by atoms with Crippen LogP contribution in [0.1, 0.15) is 19.0 Å². The fourth-order valence-corrected chi connectivity index (χ4v) is 2.20. The Hall–Kier alpha value is -1.16. The van der Waals surface area contributed by atoms with Gasteiger partial charge in [-0.1, -0.05) is 13.3 Å². The summed E-state index contributed by atoms with van der Waals surface area (Å²) in [5, 5.41) is 1.02. The van der Waals surface area contributed by atoms with Gasteiger partial charge in [0.15, 0.2) is 0 Å². The van der Waals surface area contributed by atoms with E-state index in [9.17, 15) is 0 Å². The molecule has 0 radical (unpaired) electrons. The number of hydrogen-bond donors (Lipinski definition) is 0. The van der Waals surface area contributed by atoms with Crippen LogP contribution in [0.25, 0.3) is 10.9 Å². The number of aromatic nitrogens is 2. The van der Waals surface area contributed by atoms with E-state index in [1.165, 1.54) is 0 Å². The Morgan fingerprint density at radius 1 is 1.38 bits per heavy atom. The maximum Gasteiger partial charge on any atom is 0.229 e. The third-order valence-corrected chi connectivity index (χ3v) is 3.11. The van der Waals surface area contributed by atoms with E-state index in [0.717, 1.165) is 33.9 Å². The Bertz CT molecular complexity index is 514. The van der Waals surface area contributed by atoms with Crippen molar-refractivity contribution in [3.05, 3.63) is 28.5 Å². The molecule has 16 heavy (non-hydrogen) atoms. The van der Waals surface area contributed by atoms with E-state index in [2.05, 4.69) is 32.8 Å². The molecular weight excluding hydrogens is 268 g/mol. The number of fused-ring (bicyclic) bond motifs is 1. The van der Waals surface area contributed by atoms with Crippen LogP contribution >= 0.6 is 15.9 Å². The van der Waals surface area contributed by atoms with Crippen LogP contribution < -0.4 is 4.74 Å². The van der Waals surface area contributed by atoms with Crippen molar-refractivity contribution in [3.63, 3.8) is 0 Å². The summed E-state index contributed by atoms with van der Waals surface area (Å²) in [7, 11) is 1.61. The average molecular weight is 281 g/mol. The molecule has 2 aromatic heterocycles. The van der Waals surface area contributed by atoms with E-state index in [-0.39, 0.29) is 0 Å². The maximum absolute atomic E-state index is 5.15. The number of halogens is 1. The van der Waals surface area contributed by atoms with Crippen LogP contribution in [-0.2, 0) is 6.42 Å². The number of methoxy groups -OCH3 is 1. The summed E-state index contributed by atoms with van der Waals surface area (Å²) in [6.45, 7) is 2.15. The van der Waals surface area contributed by atoms with E-state index >= 15 is 0 Å². The van der Waals surface area contributed by atoms with Crippen molar-refractivity contribution in [1.82, 2.24) is 9.97 Å². The fraction of sp³-hybridized carbons (Fsp3) is 0.333. The molecule has 3 nitrogen and oxygen atoms in total. The number of ether oxygens (including phenoxy) is 1. The lowest BCUT2D eigenvalue weighted by Crippen LogP contribution is -1.94. The van der Waals surface area contributed by atoms with Gasteiger partial charge in [-0.05, 0) is 34.5 Å².